The first-order chi connectivity index (χ1) is 13.0. The quantitative estimate of drug-likeness (QED) is 0.736. The predicted octanol–water partition coefficient (Wildman–Crippen LogP) is 3.92. The lowest BCUT2D eigenvalue weighted by atomic mass is 9.95. The van der Waals surface area contributed by atoms with Crippen LogP contribution in [0.15, 0.2) is 59.5 Å². The number of piperidine rings is 1. The Labute approximate surface area is 165 Å². The zero-order chi connectivity index (χ0) is 19.2. The zero-order valence-electron chi connectivity index (χ0n) is 15.9. The molecule has 142 valence electrons. The van der Waals surface area contributed by atoms with E-state index >= 15 is 0 Å². The highest BCUT2D eigenvalue weighted by Crippen LogP contribution is 2.24. The highest BCUT2D eigenvalue weighted by Gasteiger charge is 2.28. The molecule has 0 unspecified atom stereocenters. The topological polar surface area (TPSA) is 40.6 Å². The first-order valence-electron chi connectivity index (χ1n) is 9.32. The Bertz CT molecular complexity index is 767. The maximum Gasteiger partial charge on any atom is 0.253 e. The van der Waals surface area contributed by atoms with E-state index in [9.17, 15) is 9.59 Å². The molecule has 5 heteroatoms. The highest BCUT2D eigenvalue weighted by molar-refractivity contribution is 7.98. The fraction of sp³-hybridized carbons (Fsp3) is 0.364. The fourth-order valence-corrected chi connectivity index (χ4v) is 4.18. The van der Waals surface area contributed by atoms with Gasteiger partial charge in [-0.25, -0.2) is 0 Å². The Morgan fingerprint density at radius 2 is 1.63 bits per heavy atom. The Balaban J connectivity index is 1.53. The normalized spacial score (nSPS) is 14.8. The van der Waals surface area contributed by atoms with Gasteiger partial charge >= 0.3 is 0 Å². The second-order valence-electron chi connectivity index (χ2n) is 7.10. The van der Waals surface area contributed by atoms with Gasteiger partial charge in [0.15, 0.2) is 0 Å². The van der Waals surface area contributed by atoms with Crippen LogP contribution in [-0.4, -0.2) is 48.8 Å². The molecule has 1 saturated heterocycles. The van der Waals surface area contributed by atoms with Crippen LogP contribution in [0.1, 0.15) is 28.8 Å². The minimum Gasteiger partial charge on any atom is -0.349 e. The van der Waals surface area contributed by atoms with E-state index in [4.69, 9.17) is 0 Å². The monoisotopic (exact) mass is 382 g/mol. The number of rotatable bonds is 5. The molecule has 0 aliphatic carbocycles. The smallest absolute Gasteiger partial charge is 0.253 e. The summed E-state index contributed by atoms with van der Waals surface area (Å²) in [4.78, 5) is 29.6. The first-order valence-corrected chi connectivity index (χ1v) is 10.3. The van der Waals surface area contributed by atoms with Crippen LogP contribution >= 0.6 is 11.8 Å². The first kappa shape index (κ1) is 19.5. The molecule has 0 spiro atoms. The summed E-state index contributed by atoms with van der Waals surface area (Å²) in [6.07, 6.45) is 1.49. The van der Waals surface area contributed by atoms with Gasteiger partial charge in [0.25, 0.3) is 5.91 Å². The van der Waals surface area contributed by atoms with E-state index in [1.54, 1.807) is 30.8 Å². The summed E-state index contributed by atoms with van der Waals surface area (Å²) in [6, 6.07) is 18.2. The number of nitrogens with zero attached hydrogens (tertiary/aromatic N) is 2. The van der Waals surface area contributed by atoms with Crippen LogP contribution in [-0.2, 0) is 10.5 Å². The fourth-order valence-electron chi connectivity index (χ4n) is 3.30. The standard InChI is InChI=1S/C22H26N2O2S/c1-23(2)21(25)19-12-14-24(15-13-19)22(26)18-10-8-17(9-11-18)16-27-20-6-4-3-5-7-20/h3-11,19H,12-16H2,1-2H3. The molecule has 2 aromatic carbocycles. The molecular formula is C22H26N2O2S. The van der Waals surface area contributed by atoms with Crippen molar-refractivity contribution in [2.24, 2.45) is 5.92 Å². The lowest BCUT2D eigenvalue weighted by molar-refractivity contribution is -0.134. The van der Waals surface area contributed by atoms with Crippen LogP contribution in [0.25, 0.3) is 0 Å². The van der Waals surface area contributed by atoms with Gasteiger partial charge in [0, 0.05) is 49.3 Å². The molecule has 1 aliphatic rings. The molecule has 2 aromatic rings. The van der Waals surface area contributed by atoms with Gasteiger partial charge in [-0.15, -0.1) is 11.8 Å². The molecule has 0 radical (unpaired) electrons. The molecule has 1 aliphatic heterocycles. The van der Waals surface area contributed by atoms with Crippen LogP contribution in [0, 0.1) is 5.92 Å². The molecular weight excluding hydrogens is 356 g/mol. The van der Waals surface area contributed by atoms with Crippen LogP contribution < -0.4 is 0 Å². The summed E-state index contributed by atoms with van der Waals surface area (Å²) in [5, 5.41) is 0. The summed E-state index contributed by atoms with van der Waals surface area (Å²) < 4.78 is 0. The predicted molar refractivity (Wildman–Crippen MR) is 110 cm³/mol. The molecule has 0 atom stereocenters. The van der Waals surface area contributed by atoms with Gasteiger partial charge in [-0.2, -0.15) is 0 Å². The van der Waals surface area contributed by atoms with Gasteiger partial charge in [-0.3, -0.25) is 9.59 Å². The number of carbonyl (C=O) groups excluding carboxylic acids is 2. The number of thioether (sulfide) groups is 1. The maximum atomic E-state index is 12.7. The van der Waals surface area contributed by atoms with E-state index in [0.29, 0.717) is 13.1 Å². The number of hydrogen-bond donors (Lipinski definition) is 0. The Kier molecular flexibility index (Phi) is 6.56. The summed E-state index contributed by atoms with van der Waals surface area (Å²) in [5.74, 6) is 1.16. The molecule has 0 N–H and O–H groups in total. The number of amides is 2. The van der Waals surface area contributed by atoms with Crippen LogP contribution in [0.3, 0.4) is 0 Å². The molecule has 0 saturated carbocycles. The SMILES string of the molecule is CN(C)C(=O)C1CCN(C(=O)c2ccc(CSc3ccccc3)cc2)CC1. The molecule has 3 rings (SSSR count). The Morgan fingerprint density at radius 1 is 1.00 bits per heavy atom. The van der Waals surface area contributed by atoms with Gasteiger partial charge in [-0.1, -0.05) is 30.3 Å². The average molecular weight is 383 g/mol. The Morgan fingerprint density at radius 3 is 2.22 bits per heavy atom. The largest absolute Gasteiger partial charge is 0.349 e. The number of benzene rings is 2. The second-order valence-corrected chi connectivity index (χ2v) is 8.15. The van der Waals surface area contributed by atoms with Crippen molar-refractivity contribution >= 4 is 23.6 Å². The van der Waals surface area contributed by atoms with Gasteiger partial charge in [0.05, 0.1) is 0 Å². The number of likely N-dealkylation sites (tertiary alicyclic amines) is 1. The molecule has 1 heterocycles. The van der Waals surface area contributed by atoms with Crippen molar-refractivity contribution < 1.29 is 9.59 Å². The lowest BCUT2D eigenvalue weighted by Crippen LogP contribution is -2.42. The number of carbonyl (C=O) groups is 2. The van der Waals surface area contributed by atoms with Crippen molar-refractivity contribution in [1.82, 2.24) is 9.80 Å². The summed E-state index contributed by atoms with van der Waals surface area (Å²) in [7, 11) is 3.58. The van der Waals surface area contributed by atoms with Gasteiger partial charge < -0.3 is 9.80 Å². The van der Waals surface area contributed by atoms with Crippen LogP contribution in [0.2, 0.25) is 0 Å². The van der Waals surface area contributed by atoms with Crippen molar-refractivity contribution in [2.45, 2.75) is 23.5 Å². The van der Waals surface area contributed by atoms with E-state index in [0.717, 1.165) is 24.2 Å². The molecule has 0 aromatic heterocycles. The molecule has 1 fully saturated rings. The average Bonchev–Trinajstić information content (AvgIpc) is 2.72. The molecule has 0 bridgehead atoms. The van der Waals surface area contributed by atoms with Crippen molar-refractivity contribution in [2.75, 3.05) is 27.2 Å². The third-order valence-corrected chi connectivity index (χ3v) is 6.00. The van der Waals surface area contributed by atoms with Crippen molar-refractivity contribution in [3.8, 4) is 0 Å². The highest BCUT2D eigenvalue weighted by atomic mass is 32.2. The summed E-state index contributed by atoms with van der Waals surface area (Å²) >= 11 is 1.79. The van der Waals surface area contributed by atoms with Crippen molar-refractivity contribution in [1.29, 1.82) is 0 Å². The van der Waals surface area contributed by atoms with Gasteiger partial charge in [-0.05, 0) is 42.7 Å². The van der Waals surface area contributed by atoms with E-state index in [1.165, 1.54) is 10.5 Å². The minimum absolute atomic E-state index is 0.0430. The van der Waals surface area contributed by atoms with E-state index in [2.05, 4.69) is 12.1 Å². The minimum atomic E-state index is 0.0430. The van der Waals surface area contributed by atoms with Crippen LogP contribution in [0.4, 0.5) is 0 Å². The zero-order valence-corrected chi connectivity index (χ0v) is 16.7. The Hall–Kier alpha value is -2.27. The molecule has 27 heavy (non-hydrogen) atoms. The third kappa shape index (κ3) is 5.13. The van der Waals surface area contributed by atoms with Crippen molar-refractivity contribution in [3.63, 3.8) is 0 Å². The maximum absolute atomic E-state index is 12.7. The lowest BCUT2D eigenvalue weighted by Gasteiger charge is -2.32. The van der Waals surface area contributed by atoms with E-state index in [-0.39, 0.29) is 17.7 Å². The van der Waals surface area contributed by atoms with E-state index < -0.39 is 0 Å². The summed E-state index contributed by atoms with van der Waals surface area (Å²) in [6.45, 7) is 1.30. The molecule has 4 nitrogen and oxygen atoms in total. The van der Waals surface area contributed by atoms with Crippen LogP contribution in [0.5, 0.6) is 0 Å². The van der Waals surface area contributed by atoms with Gasteiger partial charge in [0.1, 0.15) is 0 Å². The number of hydrogen-bond acceptors (Lipinski definition) is 3. The third-order valence-electron chi connectivity index (χ3n) is 4.92. The summed E-state index contributed by atoms with van der Waals surface area (Å²) in [5.41, 5.74) is 1.93. The van der Waals surface area contributed by atoms with Crippen molar-refractivity contribution in [3.05, 3.63) is 65.7 Å². The van der Waals surface area contributed by atoms with E-state index in [1.807, 2.05) is 47.4 Å². The second kappa shape index (κ2) is 9.09. The van der Waals surface area contributed by atoms with Gasteiger partial charge in [0.2, 0.25) is 5.91 Å². The molecule has 2 amide bonds.